The smallest absolute Gasteiger partial charge is 0.324 e. The van der Waals surface area contributed by atoms with Crippen molar-refractivity contribution < 1.29 is 27.9 Å². The fraction of sp³-hybridized carbons (Fsp3) is 0.444. The molecule has 1 N–H and O–H groups in total. The Morgan fingerprint density at radius 1 is 1.42 bits per heavy atom. The number of hydrogen-bond acceptors (Lipinski definition) is 6. The van der Waals surface area contributed by atoms with Crippen LogP contribution in [0, 0.1) is 11.8 Å². The molecule has 0 aliphatic carbocycles. The zero-order valence-corrected chi connectivity index (χ0v) is 15.7. The molecule has 0 bridgehead atoms. The third kappa shape index (κ3) is 4.35. The molecule has 26 heavy (non-hydrogen) atoms. The Kier molecular flexibility index (Phi) is 5.93. The maximum absolute atomic E-state index is 11.9. The number of nitrogens with zero attached hydrogens (tertiary/aromatic N) is 1. The summed E-state index contributed by atoms with van der Waals surface area (Å²) in [5.41, 5.74) is 1.44. The quantitative estimate of drug-likeness (QED) is 0.726. The van der Waals surface area contributed by atoms with E-state index in [2.05, 4.69) is 17.0 Å². The predicted molar refractivity (Wildman–Crippen MR) is 96.9 cm³/mol. The first kappa shape index (κ1) is 19.8. The van der Waals surface area contributed by atoms with Crippen LogP contribution in [0.5, 0.6) is 5.75 Å². The summed E-state index contributed by atoms with van der Waals surface area (Å²) in [5.74, 6) is 4.82. The van der Waals surface area contributed by atoms with Crippen LogP contribution in [0.4, 0.5) is 0 Å². The Morgan fingerprint density at radius 2 is 2.08 bits per heavy atom. The van der Waals surface area contributed by atoms with Gasteiger partial charge in [0.1, 0.15) is 18.5 Å². The highest BCUT2D eigenvalue weighted by Crippen LogP contribution is 2.29. The molecule has 2 atom stereocenters. The van der Waals surface area contributed by atoms with E-state index >= 15 is 0 Å². The molecule has 0 spiro atoms. The van der Waals surface area contributed by atoms with Crippen molar-refractivity contribution in [1.82, 2.24) is 0 Å². The van der Waals surface area contributed by atoms with Crippen LogP contribution in [0.15, 0.2) is 29.4 Å². The number of hydrogen-bond donors (Lipinski definition) is 1. The van der Waals surface area contributed by atoms with Crippen LogP contribution >= 0.6 is 0 Å². The van der Waals surface area contributed by atoms with Crippen molar-refractivity contribution in [2.75, 3.05) is 12.9 Å². The Labute approximate surface area is 152 Å². The van der Waals surface area contributed by atoms with Gasteiger partial charge in [0.05, 0.1) is 5.71 Å². The summed E-state index contributed by atoms with van der Waals surface area (Å²) in [6.07, 6.45) is 0.460. The van der Waals surface area contributed by atoms with Gasteiger partial charge in [0.2, 0.25) is 0 Å². The van der Waals surface area contributed by atoms with E-state index in [1.165, 1.54) is 6.92 Å². The predicted octanol–water partition coefficient (Wildman–Crippen LogP) is 1.86. The molecule has 0 saturated heterocycles. The summed E-state index contributed by atoms with van der Waals surface area (Å²) >= 11 is 0. The molecule has 7 nitrogen and oxygen atoms in total. The molecule has 0 saturated carbocycles. The number of carboxylic acid groups (broad SMARTS) is 1. The lowest BCUT2D eigenvalue weighted by atomic mass is 9.97. The topological polar surface area (TPSA) is 102 Å². The van der Waals surface area contributed by atoms with Gasteiger partial charge in [-0.3, -0.25) is 4.79 Å². The summed E-state index contributed by atoms with van der Waals surface area (Å²) in [4.78, 5) is 16.7. The molecule has 1 aliphatic rings. The van der Waals surface area contributed by atoms with Crippen molar-refractivity contribution in [3.8, 4) is 17.6 Å². The normalized spacial score (nSPS) is 18.7. The number of aliphatic carboxylic acids is 1. The molecule has 1 aromatic carbocycles. The first-order valence-corrected chi connectivity index (χ1v) is 9.85. The first-order valence-electron chi connectivity index (χ1n) is 7.96. The Balaban J connectivity index is 2.03. The van der Waals surface area contributed by atoms with Gasteiger partial charge in [0.25, 0.3) is 0 Å². The van der Waals surface area contributed by atoms with E-state index < -0.39 is 26.7 Å². The number of benzene rings is 1. The van der Waals surface area contributed by atoms with E-state index in [4.69, 9.17) is 9.57 Å². The Morgan fingerprint density at radius 3 is 2.62 bits per heavy atom. The maximum Gasteiger partial charge on any atom is 0.324 e. The molecular weight excluding hydrogens is 358 g/mol. The van der Waals surface area contributed by atoms with Crippen molar-refractivity contribution in [2.45, 2.75) is 37.5 Å². The highest BCUT2D eigenvalue weighted by Gasteiger charge is 2.47. The third-order valence-corrected chi connectivity index (χ3v) is 6.27. The van der Waals surface area contributed by atoms with E-state index in [0.717, 1.165) is 11.8 Å². The van der Waals surface area contributed by atoms with Crippen LogP contribution in [-0.2, 0) is 19.5 Å². The van der Waals surface area contributed by atoms with E-state index in [9.17, 15) is 18.3 Å². The molecule has 0 radical (unpaired) electrons. The molecule has 2 rings (SSSR count). The van der Waals surface area contributed by atoms with Crippen molar-refractivity contribution in [1.29, 1.82) is 0 Å². The van der Waals surface area contributed by atoms with Crippen LogP contribution in [0.2, 0.25) is 0 Å². The van der Waals surface area contributed by atoms with Crippen molar-refractivity contribution >= 4 is 21.5 Å². The van der Waals surface area contributed by atoms with Crippen molar-refractivity contribution in [3.63, 3.8) is 0 Å². The van der Waals surface area contributed by atoms with Gasteiger partial charge in [-0.2, -0.15) is 0 Å². The number of ether oxygens (including phenoxy) is 1. The van der Waals surface area contributed by atoms with Gasteiger partial charge < -0.3 is 14.7 Å². The summed E-state index contributed by atoms with van der Waals surface area (Å²) in [5, 5.41) is 13.3. The van der Waals surface area contributed by atoms with Gasteiger partial charge in [-0.1, -0.05) is 11.1 Å². The lowest BCUT2D eigenvalue weighted by Crippen LogP contribution is -2.45. The molecule has 0 amide bonds. The maximum atomic E-state index is 11.9. The summed E-state index contributed by atoms with van der Waals surface area (Å²) < 4.78 is 27.3. The molecule has 1 heterocycles. The van der Waals surface area contributed by atoms with E-state index in [1.54, 1.807) is 19.1 Å². The fourth-order valence-electron chi connectivity index (χ4n) is 2.48. The molecule has 8 heteroatoms. The standard InChI is InChI=1S/C18H21NO6S/c1-4-5-10-24-14-8-6-13(7-9-14)16-11-15(25-19-16)12-18(2,17(20)21)26(3,22)23/h6-9,15H,10-12H2,1-3H3,(H,20,21). The molecule has 1 aliphatic heterocycles. The summed E-state index contributed by atoms with van der Waals surface area (Å²) in [6.45, 7) is 3.23. The highest BCUT2D eigenvalue weighted by atomic mass is 32.2. The lowest BCUT2D eigenvalue weighted by Gasteiger charge is -2.24. The Bertz CT molecular complexity index is 863. The number of rotatable bonds is 7. The molecule has 140 valence electrons. The van der Waals surface area contributed by atoms with Gasteiger partial charge in [-0.25, -0.2) is 8.42 Å². The second kappa shape index (κ2) is 7.79. The zero-order valence-electron chi connectivity index (χ0n) is 14.9. The number of oxime groups is 1. The highest BCUT2D eigenvalue weighted by molar-refractivity contribution is 7.92. The van der Waals surface area contributed by atoms with Crippen molar-refractivity contribution in [3.05, 3.63) is 29.8 Å². The Hall–Kier alpha value is -2.53. The minimum absolute atomic E-state index is 0.176. The van der Waals surface area contributed by atoms with E-state index in [1.807, 2.05) is 12.1 Å². The monoisotopic (exact) mass is 379 g/mol. The van der Waals surface area contributed by atoms with Gasteiger partial charge in [-0.05, 0) is 43.7 Å². The summed E-state index contributed by atoms with van der Waals surface area (Å²) in [7, 11) is -3.81. The minimum Gasteiger partial charge on any atom is -0.481 e. The van der Waals surface area contributed by atoms with Crippen LogP contribution in [0.1, 0.15) is 32.3 Å². The van der Waals surface area contributed by atoms with E-state index in [-0.39, 0.29) is 6.42 Å². The lowest BCUT2D eigenvalue weighted by molar-refractivity contribution is -0.140. The SMILES string of the molecule is CC#CCOc1ccc(C2=NOC(CC(C)(C(=O)O)S(C)(=O)=O)C2)cc1. The second-order valence-corrected chi connectivity index (χ2v) is 8.67. The van der Waals surface area contributed by atoms with Crippen molar-refractivity contribution in [2.24, 2.45) is 5.16 Å². The molecule has 1 aromatic rings. The van der Waals surface area contributed by atoms with E-state index in [0.29, 0.717) is 24.5 Å². The van der Waals surface area contributed by atoms with Gasteiger partial charge in [0, 0.05) is 19.1 Å². The zero-order chi connectivity index (χ0) is 19.4. The number of carbonyl (C=O) groups is 1. The van der Waals surface area contributed by atoms with Gasteiger partial charge >= 0.3 is 5.97 Å². The third-order valence-electron chi connectivity index (χ3n) is 4.30. The largest absolute Gasteiger partial charge is 0.481 e. The number of carboxylic acids is 1. The average Bonchev–Trinajstić information content (AvgIpc) is 3.03. The van der Waals surface area contributed by atoms with Crippen LogP contribution in [0.3, 0.4) is 0 Å². The van der Waals surface area contributed by atoms with Gasteiger partial charge in [-0.15, -0.1) is 5.92 Å². The van der Waals surface area contributed by atoms with Gasteiger partial charge in [0.15, 0.2) is 14.6 Å². The first-order chi connectivity index (χ1) is 12.2. The average molecular weight is 379 g/mol. The molecule has 0 aromatic heterocycles. The second-order valence-electron chi connectivity index (χ2n) is 6.22. The molecule has 0 fully saturated rings. The molecule has 2 unspecified atom stereocenters. The minimum atomic E-state index is -3.81. The molecular formula is C18H21NO6S. The number of sulfone groups is 1. The fourth-order valence-corrected chi connectivity index (χ4v) is 3.28. The van der Waals surface area contributed by atoms with Crippen LogP contribution in [-0.4, -0.2) is 48.9 Å². The summed E-state index contributed by atoms with van der Waals surface area (Å²) in [6, 6.07) is 7.18. The van der Waals surface area contributed by atoms with Crippen LogP contribution < -0.4 is 4.74 Å². The van der Waals surface area contributed by atoms with Crippen LogP contribution in [0.25, 0.3) is 0 Å².